The van der Waals surface area contributed by atoms with Crippen LogP contribution < -0.4 is 10.1 Å². The monoisotopic (exact) mass is 396 g/mol. The van der Waals surface area contributed by atoms with Gasteiger partial charge in [0.05, 0.1) is 0 Å². The third-order valence-corrected chi connectivity index (χ3v) is 4.77. The van der Waals surface area contributed by atoms with Crippen molar-refractivity contribution in [2.24, 2.45) is 0 Å². The molecule has 2 amide bonds. The van der Waals surface area contributed by atoms with Crippen LogP contribution in [0.25, 0.3) is 0 Å². The minimum Gasteiger partial charge on any atom is -0.483 e. The lowest BCUT2D eigenvalue weighted by atomic mass is 10.1. The van der Waals surface area contributed by atoms with Gasteiger partial charge < -0.3 is 15.0 Å². The summed E-state index contributed by atoms with van der Waals surface area (Å²) in [5.74, 6) is 0.290. The van der Waals surface area contributed by atoms with Crippen LogP contribution in [-0.4, -0.2) is 35.4 Å². The Labute approximate surface area is 174 Å². The van der Waals surface area contributed by atoms with E-state index in [4.69, 9.17) is 4.74 Å². The molecule has 2 rings (SSSR count). The van der Waals surface area contributed by atoms with Gasteiger partial charge >= 0.3 is 0 Å². The van der Waals surface area contributed by atoms with E-state index in [2.05, 4.69) is 5.32 Å². The first-order valence-corrected chi connectivity index (χ1v) is 10.0. The minimum atomic E-state index is -0.603. The Hall–Kier alpha value is -2.82. The largest absolute Gasteiger partial charge is 0.483 e. The van der Waals surface area contributed by atoms with Crippen LogP contribution in [0.2, 0.25) is 0 Å². The molecule has 5 heteroatoms. The van der Waals surface area contributed by atoms with Crippen molar-refractivity contribution < 1.29 is 14.3 Å². The molecule has 0 radical (unpaired) electrons. The summed E-state index contributed by atoms with van der Waals surface area (Å²) in [6.07, 6.45) is 0. The summed E-state index contributed by atoms with van der Waals surface area (Å²) in [6.45, 7) is 11.7. The van der Waals surface area contributed by atoms with Gasteiger partial charge in [-0.1, -0.05) is 42.0 Å². The second-order valence-corrected chi connectivity index (χ2v) is 7.90. The smallest absolute Gasteiger partial charge is 0.261 e. The van der Waals surface area contributed by atoms with Crippen molar-refractivity contribution in [2.75, 3.05) is 6.61 Å². The Morgan fingerprint density at radius 3 is 2.21 bits per heavy atom. The molecule has 5 nitrogen and oxygen atoms in total. The number of nitrogens with zero attached hydrogens (tertiary/aromatic N) is 1. The molecule has 0 bridgehead atoms. The lowest BCUT2D eigenvalue weighted by Crippen LogP contribution is -2.50. The molecule has 0 heterocycles. The maximum absolute atomic E-state index is 13.0. The van der Waals surface area contributed by atoms with Gasteiger partial charge in [0.2, 0.25) is 5.91 Å². The highest BCUT2D eigenvalue weighted by Gasteiger charge is 2.27. The molecule has 2 aromatic carbocycles. The fraction of sp³-hybridized carbons (Fsp3) is 0.417. The summed E-state index contributed by atoms with van der Waals surface area (Å²) in [7, 11) is 0. The van der Waals surface area contributed by atoms with Crippen molar-refractivity contribution in [1.82, 2.24) is 10.2 Å². The molecule has 0 unspecified atom stereocenters. The normalized spacial score (nSPS) is 11.8. The van der Waals surface area contributed by atoms with E-state index >= 15 is 0 Å². The van der Waals surface area contributed by atoms with Crippen molar-refractivity contribution in [3.63, 3.8) is 0 Å². The summed E-state index contributed by atoms with van der Waals surface area (Å²) in [5.41, 5.74) is 4.16. The predicted octanol–water partition coefficient (Wildman–Crippen LogP) is 3.93. The molecule has 0 aromatic heterocycles. The predicted molar refractivity (Wildman–Crippen MR) is 116 cm³/mol. The van der Waals surface area contributed by atoms with E-state index in [-0.39, 0.29) is 24.5 Å². The van der Waals surface area contributed by atoms with Crippen molar-refractivity contribution >= 4 is 11.8 Å². The van der Waals surface area contributed by atoms with Crippen LogP contribution in [0.5, 0.6) is 5.75 Å². The van der Waals surface area contributed by atoms with Gasteiger partial charge in [-0.3, -0.25) is 9.59 Å². The van der Waals surface area contributed by atoms with Gasteiger partial charge in [0.1, 0.15) is 11.8 Å². The number of carbonyl (C=O) groups is 2. The van der Waals surface area contributed by atoms with E-state index < -0.39 is 6.04 Å². The van der Waals surface area contributed by atoms with E-state index in [1.807, 2.05) is 77.1 Å². The first-order valence-electron chi connectivity index (χ1n) is 10.0. The molecule has 0 aliphatic heterocycles. The molecule has 1 atom stereocenters. The van der Waals surface area contributed by atoms with Gasteiger partial charge in [0.25, 0.3) is 5.91 Å². The fourth-order valence-electron chi connectivity index (χ4n) is 2.96. The third-order valence-electron chi connectivity index (χ3n) is 4.77. The van der Waals surface area contributed by atoms with E-state index in [1.165, 1.54) is 0 Å². The Balaban J connectivity index is 2.17. The molecule has 2 aromatic rings. The van der Waals surface area contributed by atoms with Crippen molar-refractivity contribution in [2.45, 2.75) is 60.2 Å². The van der Waals surface area contributed by atoms with Gasteiger partial charge in [0.15, 0.2) is 6.61 Å². The second-order valence-electron chi connectivity index (χ2n) is 7.90. The Kier molecular flexibility index (Phi) is 7.82. The zero-order valence-electron chi connectivity index (χ0n) is 18.3. The average molecular weight is 397 g/mol. The first kappa shape index (κ1) is 22.5. The maximum Gasteiger partial charge on any atom is 0.261 e. The molecule has 0 spiro atoms. The van der Waals surface area contributed by atoms with Gasteiger partial charge in [-0.05, 0) is 64.3 Å². The molecule has 156 valence electrons. The average Bonchev–Trinajstić information content (AvgIpc) is 2.67. The lowest BCUT2D eigenvalue weighted by molar-refractivity contribution is -0.142. The summed E-state index contributed by atoms with van der Waals surface area (Å²) in [5, 5.41) is 2.89. The topological polar surface area (TPSA) is 58.6 Å². The quantitative estimate of drug-likeness (QED) is 0.735. The summed E-state index contributed by atoms with van der Waals surface area (Å²) >= 11 is 0. The van der Waals surface area contributed by atoms with Crippen molar-refractivity contribution in [3.8, 4) is 5.75 Å². The number of carbonyl (C=O) groups excluding carboxylic acids is 2. The molecule has 1 N–H and O–H groups in total. The summed E-state index contributed by atoms with van der Waals surface area (Å²) < 4.78 is 5.81. The van der Waals surface area contributed by atoms with Gasteiger partial charge in [0, 0.05) is 12.6 Å². The molecule has 0 saturated heterocycles. The van der Waals surface area contributed by atoms with Crippen molar-refractivity contribution in [1.29, 1.82) is 0 Å². The molecule has 0 fully saturated rings. The molecule has 29 heavy (non-hydrogen) atoms. The van der Waals surface area contributed by atoms with Crippen LogP contribution in [0, 0.1) is 20.8 Å². The number of ether oxygens (including phenoxy) is 1. The first-order chi connectivity index (χ1) is 13.7. The fourth-order valence-corrected chi connectivity index (χ4v) is 2.96. The molecule has 0 aliphatic rings. The van der Waals surface area contributed by atoms with Crippen LogP contribution in [-0.2, 0) is 16.1 Å². The number of rotatable bonds is 8. The van der Waals surface area contributed by atoms with Gasteiger partial charge in [-0.15, -0.1) is 0 Å². The van der Waals surface area contributed by atoms with E-state index in [0.717, 1.165) is 22.3 Å². The van der Waals surface area contributed by atoms with Crippen LogP contribution in [0.4, 0.5) is 0 Å². The SMILES string of the molecule is Cc1ccc(CN(C(=O)COc2cc(C)ccc2C)[C@@H](C)C(=O)NC(C)C)cc1. The number of amides is 2. The second kappa shape index (κ2) is 10.1. The summed E-state index contributed by atoms with van der Waals surface area (Å²) in [6, 6.07) is 13.3. The standard InChI is InChI=1S/C24H32N2O3/c1-16(2)25-24(28)20(6)26(14-21-11-8-17(3)9-12-21)23(27)15-29-22-13-18(4)7-10-19(22)5/h7-13,16,20H,14-15H2,1-6H3,(H,25,28)/t20-/m0/s1. The number of benzene rings is 2. The van der Waals surface area contributed by atoms with E-state index in [9.17, 15) is 9.59 Å². The van der Waals surface area contributed by atoms with Crippen LogP contribution in [0.1, 0.15) is 43.0 Å². The zero-order chi connectivity index (χ0) is 21.6. The summed E-state index contributed by atoms with van der Waals surface area (Å²) in [4.78, 5) is 27.2. The zero-order valence-corrected chi connectivity index (χ0v) is 18.3. The molecular formula is C24H32N2O3. The van der Waals surface area contributed by atoms with E-state index in [1.54, 1.807) is 11.8 Å². The number of hydrogen-bond donors (Lipinski definition) is 1. The number of nitrogens with one attached hydrogen (secondary N) is 1. The Morgan fingerprint density at radius 1 is 0.966 bits per heavy atom. The van der Waals surface area contributed by atoms with Crippen LogP contribution in [0.15, 0.2) is 42.5 Å². The molecule has 0 aliphatic carbocycles. The molecule has 0 saturated carbocycles. The van der Waals surface area contributed by atoms with Crippen LogP contribution in [0.3, 0.4) is 0 Å². The van der Waals surface area contributed by atoms with Crippen molar-refractivity contribution in [3.05, 3.63) is 64.7 Å². The number of aryl methyl sites for hydroxylation is 3. The maximum atomic E-state index is 13.0. The van der Waals surface area contributed by atoms with Gasteiger partial charge in [-0.25, -0.2) is 0 Å². The highest BCUT2D eigenvalue weighted by atomic mass is 16.5. The highest BCUT2D eigenvalue weighted by molar-refractivity contribution is 5.88. The van der Waals surface area contributed by atoms with Gasteiger partial charge in [-0.2, -0.15) is 0 Å². The third kappa shape index (κ3) is 6.63. The minimum absolute atomic E-state index is 0.00692. The Bertz CT molecular complexity index is 844. The van der Waals surface area contributed by atoms with E-state index in [0.29, 0.717) is 12.3 Å². The lowest BCUT2D eigenvalue weighted by Gasteiger charge is -2.29. The number of hydrogen-bond acceptors (Lipinski definition) is 3. The Morgan fingerprint density at radius 2 is 1.59 bits per heavy atom. The molecular weight excluding hydrogens is 364 g/mol. The highest BCUT2D eigenvalue weighted by Crippen LogP contribution is 2.19. The van der Waals surface area contributed by atoms with Crippen LogP contribution >= 0.6 is 0 Å².